The molecule has 1 heterocycles. The number of aromatic nitrogens is 2. The van der Waals surface area contributed by atoms with Crippen molar-refractivity contribution in [2.24, 2.45) is 5.73 Å². The number of nitrogens with two attached hydrogens (primary N) is 1. The Morgan fingerprint density at radius 2 is 1.67 bits per heavy atom. The van der Waals surface area contributed by atoms with Crippen molar-refractivity contribution in [3.63, 3.8) is 0 Å². The summed E-state index contributed by atoms with van der Waals surface area (Å²) in [6.45, 7) is 1.41. The van der Waals surface area contributed by atoms with Crippen molar-refractivity contribution >= 4 is 0 Å². The normalized spacial score (nSPS) is 10.7. The molecule has 2 N–H and O–H groups in total. The molecule has 3 rings (SSSR count). The van der Waals surface area contributed by atoms with Gasteiger partial charge in [0.05, 0.1) is 0 Å². The summed E-state index contributed by atoms with van der Waals surface area (Å²) in [5, 5.41) is 0. The minimum Gasteiger partial charge on any atom is -0.330 e. The van der Waals surface area contributed by atoms with Crippen molar-refractivity contribution in [3.05, 3.63) is 89.5 Å². The van der Waals surface area contributed by atoms with Crippen LogP contribution in [0, 0.1) is 0 Å². The highest BCUT2D eigenvalue weighted by atomic mass is 15.1. The van der Waals surface area contributed by atoms with E-state index in [1.807, 2.05) is 18.5 Å². The van der Waals surface area contributed by atoms with Crippen molar-refractivity contribution in [1.82, 2.24) is 9.55 Å². The summed E-state index contributed by atoms with van der Waals surface area (Å²) < 4.78 is 2.20. The van der Waals surface area contributed by atoms with Gasteiger partial charge in [0, 0.05) is 31.9 Å². The van der Waals surface area contributed by atoms with E-state index in [1.54, 1.807) is 0 Å². The molecule has 0 unspecified atom stereocenters. The predicted octanol–water partition coefficient (Wildman–Crippen LogP) is 2.98. The molecular weight excluding hydrogens is 258 g/mol. The van der Waals surface area contributed by atoms with Crippen molar-refractivity contribution in [2.45, 2.75) is 19.5 Å². The van der Waals surface area contributed by atoms with Gasteiger partial charge in [-0.2, -0.15) is 0 Å². The van der Waals surface area contributed by atoms with E-state index in [4.69, 9.17) is 5.73 Å². The fourth-order valence-corrected chi connectivity index (χ4v) is 2.48. The van der Waals surface area contributed by atoms with Gasteiger partial charge in [-0.3, -0.25) is 0 Å². The lowest BCUT2D eigenvalue weighted by molar-refractivity contribution is 0.739. The highest BCUT2D eigenvalue weighted by molar-refractivity contribution is 5.25. The Hall–Kier alpha value is -2.39. The summed E-state index contributed by atoms with van der Waals surface area (Å²) >= 11 is 0. The van der Waals surface area contributed by atoms with Crippen molar-refractivity contribution in [1.29, 1.82) is 0 Å². The van der Waals surface area contributed by atoms with Crippen LogP contribution in [0.25, 0.3) is 0 Å². The SMILES string of the molecule is NCc1cccc(Cn2ccnc2Cc2ccccc2)c1. The molecule has 0 aliphatic carbocycles. The monoisotopic (exact) mass is 277 g/mol. The van der Waals surface area contributed by atoms with Gasteiger partial charge in [-0.1, -0.05) is 54.6 Å². The lowest BCUT2D eigenvalue weighted by Crippen LogP contribution is -2.06. The molecule has 0 radical (unpaired) electrons. The molecular formula is C18H19N3. The molecule has 0 aliphatic rings. The Labute approximate surface area is 125 Å². The average Bonchev–Trinajstić information content (AvgIpc) is 2.95. The Balaban J connectivity index is 1.79. The first kappa shape index (κ1) is 13.6. The molecule has 3 aromatic rings. The molecule has 0 aliphatic heterocycles. The Kier molecular flexibility index (Phi) is 4.12. The summed E-state index contributed by atoms with van der Waals surface area (Å²) in [6.07, 6.45) is 4.75. The summed E-state index contributed by atoms with van der Waals surface area (Å²) in [7, 11) is 0. The molecule has 1 aromatic heterocycles. The van der Waals surface area contributed by atoms with Crippen LogP contribution in [0.1, 0.15) is 22.5 Å². The number of rotatable bonds is 5. The molecule has 3 heteroatoms. The van der Waals surface area contributed by atoms with E-state index in [9.17, 15) is 0 Å². The fourth-order valence-electron chi connectivity index (χ4n) is 2.48. The topological polar surface area (TPSA) is 43.8 Å². The highest BCUT2D eigenvalue weighted by Gasteiger charge is 2.05. The van der Waals surface area contributed by atoms with Crippen LogP contribution < -0.4 is 5.73 Å². The van der Waals surface area contributed by atoms with E-state index in [1.165, 1.54) is 11.1 Å². The maximum atomic E-state index is 5.71. The molecule has 0 atom stereocenters. The standard InChI is InChI=1S/C18H19N3/c19-13-16-7-4-8-17(11-16)14-21-10-9-20-18(21)12-15-5-2-1-3-6-15/h1-11H,12-14,19H2. The third-order valence-electron chi connectivity index (χ3n) is 3.59. The second kappa shape index (κ2) is 6.37. The summed E-state index contributed by atoms with van der Waals surface area (Å²) in [5.74, 6) is 1.08. The summed E-state index contributed by atoms with van der Waals surface area (Å²) in [4.78, 5) is 4.49. The van der Waals surface area contributed by atoms with E-state index in [0.29, 0.717) is 6.54 Å². The first-order valence-electron chi connectivity index (χ1n) is 7.17. The zero-order valence-electron chi connectivity index (χ0n) is 11.9. The van der Waals surface area contributed by atoms with Crippen molar-refractivity contribution < 1.29 is 0 Å². The third-order valence-corrected chi connectivity index (χ3v) is 3.59. The Morgan fingerprint density at radius 3 is 2.48 bits per heavy atom. The maximum absolute atomic E-state index is 5.71. The molecule has 3 nitrogen and oxygen atoms in total. The van der Waals surface area contributed by atoms with Gasteiger partial charge >= 0.3 is 0 Å². The molecule has 21 heavy (non-hydrogen) atoms. The van der Waals surface area contributed by atoms with Gasteiger partial charge in [-0.05, 0) is 16.7 Å². The van der Waals surface area contributed by atoms with Crippen LogP contribution in [0.15, 0.2) is 67.0 Å². The fraction of sp³-hybridized carbons (Fsp3) is 0.167. The lowest BCUT2D eigenvalue weighted by atomic mass is 10.1. The van der Waals surface area contributed by atoms with Gasteiger partial charge in [-0.25, -0.2) is 4.98 Å². The third kappa shape index (κ3) is 3.38. The van der Waals surface area contributed by atoms with Crippen molar-refractivity contribution in [3.8, 4) is 0 Å². The lowest BCUT2D eigenvalue weighted by Gasteiger charge is -2.09. The van der Waals surface area contributed by atoms with Crippen LogP contribution in [0.4, 0.5) is 0 Å². The number of benzene rings is 2. The largest absolute Gasteiger partial charge is 0.330 e. The van der Waals surface area contributed by atoms with Gasteiger partial charge in [-0.15, -0.1) is 0 Å². The Bertz CT molecular complexity index is 701. The molecule has 0 fully saturated rings. The van der Waals surface area contributed by atoms with Crippen LogP contribution in [-0.4, -0.2) is 9.55 Å². The quantitative estimate of drug-likeness (QED) is 0.779. The van der Waals surface area contributed by atoms with Crippen LogP contribution in [0.2, 0.25) is 0 Å². The second-order valence-electron chi connectivity index (χ2n) is 5.16. The molecule has 0 amide bonds. The molecule has 2 aromatic carbocycles. The van der Waals surface area contributed by atoms with Crippen LogP contribution >= 0.6 is 0 Å². The zero-order chi connectivity index (χ0) is 14.5. The van der Waals surface area contributed by atoms with E-state index in [2.05, 4.69) is 58.1 Å². The van der Waals surface area contributed by atoms with Gasteiger partial charge in [0.15, 0.2) is 0 Å². The second-order valence-corrected chi connectivity index (χ2v) is 5.16. The Morgan fingerprint density at radius 1 is 0.905 bits per heavy atom. The number of nitrogens with zero attached hydrogens (tertiary/aromatic N) is 2. The number of hydrogen-bond donors (Lipinski definition) is 1. The molecule has 0 saturated carbocycles. The highest BCUT2D eigenvalue weighted by Crippen LogP contribution is 2.11. The van der Waals surface area contributed by atoms with Gasteiger partial charge in [0.2, 0.25) is 0 Å². The van der Waals surface area contributed by atoms with Crippen LogP contribution in [0.5, 0.6) is 0 Å². The van der Waals surface area contributed by atoms with Crippen molar-refractivity contribution in [2.75, 3.05) is 0 Å². The molecule has 0 bridgehead atoms. The molecule has 0 saturated heterocycles. The van der Waals surface area contributed by atoms with E-state index in [-0.39, 0.29) is 0 Å². The predicted molar refractivity (Wildman–Crippen MR) is 84.9 cm³/mol. The van der Waals surface area contributed by atoms with E-state index in [0.717, 1.165) is 24.4 Å². The number of imidazole rings is 1. The smallest absolute Gasteiger partial charge is 0.113 e. The van der Waals surface area contributed by atoms with E-state index >= 15 is 0 Å². The van der Waals surface area contributed by atoms with Gasteiger partial charge < -0.3 is 10.3 Å². The average molecular weight is 277 g/mol. The van der Waals surface area contributed by atoms with Gasteiger partial charge in [0.1, 0.15) is 5.82 Å². The van der Waals surface area contributed by atoms with Gasteiger partial charge in [0.25, 0.3) is 0 Å². The summed E-state index contributed by atoms with van der Waals surface area (Å²) in [6, 6.07) is 18.8. The maximum Gasteiger partial charge on any atom is 0.113 e. The van der Waals surface area contributed by atoms with Crippen LogP contribution in [0.3, 0.4) is 0 Å². The molecule has 106 valence electrons. The minimum absolute atomic E-state index is 0.578. The zero-order valence-corrected chi connectivity index (χ0v) is 11.9. The van der Waals surface area contributed by atoms with E-state index < -0.39 is 0 Å². The van der Waals surface area contributed by atoms with Crippen LogP contribution in [-0.2, 0) is 19.5 Å². The first-order valence-corrected chi connectivity index (χ1v) is 7.17. The minimum atomic E-state index is 0.578. The molecule has 0 spiro atoms. The number of hydrogen-bond acceptors (Lipinski definition) is 2. The summed E-state index contributed by atoms with van der Waals surface area (Å²) in [5.41, 5.74) is 9.40. The first-order chi connectivity index (χ1) is 10.3.